The number of unbranched alkanes of at least 4 members (excludes halogenated alkanes) is 2. The maximum atomic E-state index is 11.6. The highest BCUT2D eigenvalue weighted by Gasteiger charge is 2.18. The van der Waals surface area contributed by atoms with Crippen LogP contribution < -0.4 is 0 Å². The Balaban J connectivity index is 4.23. The van der Waals surface area contributed by atoms with Crippen LogP contribution >= 0.6 is 0 Å². The summed E-state index contributed by atoms with van der Waals surface area (Å²) in [7, 11) is 0. The van der Waals surface area contributed by atoms with Gasteiger partial charge in [0.25, 0.3) is 0 Å². The number of carbonyl (C=O) groups is 1. The Hall–Kier alpha value is -0.630. The molecular weight excluding hydrogens is 188 g/mol. The van der Waals surface area contributed by atoms with Gasteiger partial charge >= 0.3 is 0 Å². The maximum Gasteiger partial charge on any atom is 0.167 e. The van der Waals surface area contributed by atoms with Crippen molar-refractivity contribution in [2.45, 2.75) is 59.0 Å². The SMILES string of the molecule is CCCC=C[C@H](CCCC)C(=O)C(C)O. The molecule has 0 radical (unpaired) electrons. The Morgan fingerprint density at radius 2 is 2.00 bits per heavy atom. The van der Waals surface area contributed by atoms with Gasteiger partial charge in [-0.25, -0.2) is 0 Å². The summed E-state index contributed by atoms with van der Waals surface area (Å²) < 4.78 is 0. The van der Waals surface area contributed by atoms with Crippen molar-refractivity contribution in [2.75, 3.05) is 0 Å². The minimum Gasteiger partial charge on any atom is -0.386 e. The van der Waals surface area contributed by atoms with Crippen LogP contribution in [0.25, 0.3) is 0 Å². The van der Waals surface area contributed by atoms with Gasteiger partial charge in [-0.05, 0) is 19.8 Å². The second-order valence-corrected chi connectivity index (χ2v) is 4.04. The number of hydrogen-bond donors (Lipinski definition) is 1. The second-order valence-electron chi connectivity index (χ2n) is 4.04. The fourth-order valence-corrected chi connectivity index (χ4v) is 1.49. The van der Waals surface area contributed by atoms with Crippen molar-refractivity contribution in [2.24, 2.45) is 5.92 Å². The van der Waals surface area contributed by atoms with Gasteiger partial charge in [0.2, 0.25) is 0 Å². The van der Waals surface area contributed by atoms with E-state index in [1.54, 1.807) is 6.92 Å². The molecule has 0 rings (SSSR count). The van der Waals surface area contributed by atoms with Crippen LogP contribution in [-0.4, -0.2) is 17.0 Å². The van der Waals surface area contributed by atoms with Gasteiger partial charge in [-0.2, -0.15) is 0 Å². The van der Waals surface area contributed by atoms with Crippen LogP contribution in [0.15, 0.2) is 12.2 Å². The van der Waals surface area contributed by atoms with E-state index in [0.29, 0.717) is 0 Å². The summed E-state index contributed by atoms with van der Waals surface area (Å²) in [6.07, 6.45) is 8.29. The molecule has 2 heteroatoms. The fraction of sp³-hybridized carbons (Fsp3) is 0.769. The summed E-state index contributed by atoms with van der Waals surface area (Å²) in [5, 5.41) is 9.26. The Morgan fingerprint density at radius 3 is 2.47 bits per heavy atom. The number of allylic oxidation sites excluding steroid dienone is 2. The van der Waals surface area contributed by atoms with Gasteiger partial charge in [-0.15, -0.1) is 0 Å². The van der Waals surface area contributed by atoms with Crippen molar-refractivity contribution in [3.63, 3.8) is 0 Å². The van der Waals surface area contributed by atoms with Crippen LogP contribution in [0.3, 0.4) is 0 Å². The van der Waals surface area contributed by atoms with E-state index in [1.807, 2.05) is 6.08 Å². The molecule has 0 fully saturated rings. The Bertz CT molecular complexity index is 195. The molecule has 0 aromatic heterocycles. The third-order valence-corrected chi connectivity index (χ3v) is 2.47. The minimum atomic E-state index is -0.835. The number of aliphatic hydroxyl groups excluding tert-OH is 1. The predicted octanol–water partition coefficient (Wildman–Crippen LogP) is 3.10. The Kier molecular flexibility index (Phi) is 8.30. The molecule has 0 aromatic rings. The normalized spacial score (nSPS) is 15.5. The predicted molar refractivity (Wildman–Crippen MR) is 63.8 cm³/mol. The molecule has 2 nitrogen and oxygen atoms in total. The third-order valence-electron chi connectivity index (χ3n) is 2.47. The topological polar surface area (TPSA) is 37.3 Å². The molecule has 0 aliphatic carbocycles. The van der Waals surface area contributed by atoms with Crippen molar-refractivity contribution < 1.29 is 9.90 Å². The van der Waals surface area contributed by atoms with Gasteiger partial charge in [0.15, 0.2) is 5.78 Å². The monoisotopic (exact) mass is 212 g/mol. The smallest absolute Gasteiger partial charge is 0.167 e. The van der Waals surface area contributed by atoms with Crippen LogP contribution in [0.2, 0.25) is 0 Å². The highest BCUT2D eigenvalue weighted by molar-refractivity contribution is 5.86. The molecule has 0 spiro atoms. The highest BCUT2D eigenvalue weighted by atomic mass is 16.3. The summed E-state index contributed by atoms with van der Waals surface area (Å²) in [5.41, 5.74) is 0. The van der Waals surface area contributed by atoms with Crippen molar-refractivity contribution in [3.05, 3.63) is 12.2 Å². The van der Waals surface area contributed by atoms with Gasteiger partial charge in [-0.1, -0.05) is 45.3 Å². The van der Waals surface area contributed by atoms with Gasteiger partial charge in [-0.3, -0.25) is 4.79 Å². The Labute approximate surface area is 93.4 Å². The van der Waals surface area contributed by atoms with Crippen molar-refractivity contribution in [3.8, 4) is 0 Å². The summed E-state index contributed by atoms with van der Waals surface area (Å²) in [4.78, 5) is 11.6. The molecule has 0 aromatic carbocycles. The number of hydrogen-bond acceptors (Lipinski definition) is 2. The first-order valence-electron chi connectivity index (χ1n) is 6.01. The molecule has 0 saturated carbocycles. The van der Waals surface area contributed by atoms with Crippen LogP contribution in [0, 0.1) is 5.92 Å². The van der Waals surface area contributed by atoms with E-state index in [0.717, 1.165) is 32.1 Å². The first-order valence-corrected chi connectivity index (χ1v) is 6.01. The molecule has 1 unspecified atom stereocenters. The highest BCUT2D eigenvalue weighted by Crippen LogP contribution is 2.14. The van der Waals surface area contributed by atoms with Crippen LogP contribution in [-0.2, 0) is 4.79 Å². The van der Waals surface area contributed by atoms with Gasteiger partial charge in [0.1, 0.15) is 6.10 Å². The Morgan fingerprint density at radius 1 is 1.33 bits per heavy atom. The average Bonchev–Trinajstić information content (AvgIpc) is 2.22. The number of aliphatic hydroxyl groups is 1. The quantitative estimate of drug-likeness (QED) is 0.628. The van der Waals surface area contributed by atoms with E-state index < -0.39 is 6.10 Å². The molecule has 1 N–H and O–H groups in total. The summed E-state index contributed by atoms with van der Waals surface area (Å²) in [6.45, 7) is 5.77. The van der Waals surface area contributed by atoms with Gasteiger partial charge in [0, 0.05) is 5.92 Å². The first-order chi connectivity index (χ1) is 7.13. The number of carbonyl (C=O) groups excluding carboxylic acids is 1. The van der Waals surface area contributed by atoms with Crippen LogP contribution in [0.1, 0.15) is 52.9 Å². The largest absolute Gasteiger partial charge is 0.386 e. The lowest BCUT2D eigenvalue weighted by Gasteiger charge is -2.12. The van der Waals surface area contributed by atoms with Crippen molar-refractivity contribution >= 4 is 5.78 Å². The second kappa shape index (κ2) is 8.66. The van der Waals surface area contributed by atoms with Gasteiger partial charge in [0.05, 0.1) is 0 Å². The van der Waals surface area contributed by atoms with E-state index in [-0.39, 0.29) is 11.7 Å². The molecule has 0 heterocycles. The van der Waals surface area contributed by atoms with Crippen LogP contribution in [0.5, 0.6) is 0 Å². The lowest BCUT2D eigenvalue weighted by atomic mass is 9.94. The summed E-state index contributed by atoms with van der Waals surface area (Å²) in [6, 6.07) is 0. The molecule has 2 atom stereocenters. The van der Waals surface area contributed by atoms with Gasteiger partial charge < -0.3 is 5.11 Å². The molecule has 0 aliphatic rings. The number of ketones is 1. The zero-order valence-electron chi connectivity index (χ0n) is 10.2. The van der Waals surface area contributed by atoms with Crippen molar-refractivity contribution in [1.29, 1.82) is 0 Å². The summed E-state index contributed by atoms with van der Waals surface area (Å²) in [5.74, 6) is -0.132. The molecular formula is C13H24O2. The lowest BCUT2D eigenvalue weighted by molar-refractivity contribution is -0.129. The molecule has 88 valence electrons. The zero-order chi connectivity index (χ0) is 11.7. The van der Waals surface area contributed by atoms with Crippen molar-refractivity contribution in [1.82, 2.24) is 0 Å². The standard InChI is InChI=1S/C13H24O2/c1-4-6-8-10-12(9-7-5-2)13(15)11(3)14/h8,10-12,14H,4-7,9H2,1-3H3/t11?,12-/m0/s1. The molecule has 0 saturated heterocycles. The number of rotatable bonds is 8. The fourth-order valence-electron chi connectivity index (χ4n) is 1.49. The zero-order valence-corrected chi connectivity index (χ0v) is 10.2. The molecule has 0 aliphatic heterocycles. The molecule has 0 amide bonds. The maximum absolute atomic E-state index is 11.6. The van der Waals surface area contributed by atoms with E-state index in [1.165, 1.54) is 0 Å². The minimum absolute atomic E-state index is 0.0456. The summed E-state index contributed by atoms with van der Waals surface area (Å²) >= 11 is 0. The van der Waals surface area contributed by atoms with E-state index in [9.17, 15) is 9.90 Å². The van der Waals surface area contributed by atoms with E-state index in [2.05, 4.69) is 19.9 Å². The van der Waals surface area contributed by atoms with Crippen LogP contribution in [0.4, 0.5) is 0 Å². The first kappa shape index (κ1) is 14.4. The lowest BCUT2D eigenvalue weighted by Crippen LogP contribution is -2.24. The number of Topliss-reactive ketones (excluding diaryl/α,β-unsaturated/α-hetero) is 1. The van der Waals surface area contributed by atoms with E-state index >= 15 is 0 Å². The average molecular weight is 212 g/mol. The molecule has 15 heavy (non-hydrogen) atoms. The van der Waals surface area contributed by atoms with E-state index in [4.69, 9.17) is 0 Å². The third kappa shape index (κ3) is 6.45. The molecule has 0 bridgehead atoms.